The second-order valence-electron chi connectivity index (χ2n) is 2.76. The van der Waals surface area contributed by atoms with Crippen LogP contribution in [0, 0.1) is 6.92 Å². The Morgan fingerprint density at radius 1 is 1.42 bits per heavy atom. The predicted molar refractivity (Wildman–Crippen MR) is 51.0 cm³/mol. The Bertz CT molecular complexity index is 428. The van der Waals surface area contributed by atoms with E-state index in [0.717, 1.165) is 9.87 Å². The van der Waals surface area contributed by atoms with E-state index in [2.05, 4.69) is 19.1 Å². The summed E-state index contributed by atoms with van der Waals surface area (Å²) in [5, 5.41) is 1.26. The second kappa shape index (κ2) is 3.05. The van der Waals surface area contributed by atoms with Crippen LogP contribution in [0.25, 0.3) is 8.79 Å². The van der Waals surface area contributed by atoms with Gasteiger partial charge in [-0.1, -0.05) is 0 Å². The molecule has 1 aromatic carbocycles. The molecule has 0 aliphatic rings. The van der Waals surface area contributed by atoms with Crippen molar-refractivity contribution >= 4 is 35.5 Å². The number of aldehydes is 1. The molecule has 2 aromatic rings. The fourth-order valence-corrected chi connectivity index (χ4v) is 3.98. The topological polar surface area (TPSA) is 17.1 Å². The van der Waals surface area contributed by atoms with Crippen molar-refractivity contribution in [1.29, 1.82) is 0 Å². The number of aryl methyl sites for hydroxylation is 1. The molecule has 0 unspecified atom stereocenters. The summed E-state index contributed by atoms with van der Waals surface area (Å²) in [6.07, 6.45) is 1.00. The van der Waals surface area contributed by atoms with E-state index in [9.17, 15) is 4.79 Å². The summed E-state index contributed by atoms with van der Waals surface area (Å²) in [7, 11) is 0. The molecule has 0 atom stereocenters. The fraction of sp³-hybridized carbons (Fsp3) is 0.100. The molecule has 0 fully saturated rings. The average Bonchev–Trinajstić information content (AvgIpc) is 2.49. The Morgan fingerprint density at radius 2 is 2.25 bits per heavy atom. The SMILES string of the molecule is Cc1cccc2cc(C=O)[te]c12. The summed E-state index contributed by atoms with van der Waals surface area (Å²) >= 11 is -0.351. The van der Waals surface area contributed by atoms with Gasteiger partial charge in [0.1, 0.15) is 0 Å². The number of carbonyl (C=O) groups is 1. The van der Waals surface area contributed by atoms with Crippen molar-refractivity contribution in [3.63, 3.8) is 0 Å². The average molecular weight is 272 g/mol. The van der Waals surface area contributed by atoms with Gasteiger partial charge in [0.25, 0.3) is 0 Å². The molecule has 0 saturated heterocycles. The van der Waals surface area contributed by atoms with E-state index in [1.165, 1.54) is 14.4 Å². The van der Waals surface area contributed by atoms with Gasteiger partial charge < -0.3 is 0 Å². The fourth-order valence-electron chi connectivity index (χ4n) is 1.29. The van der Waals surface area contributed by atoms with Gasteiger partial charge in [0.2, 0.25) is 0 Å². The summed E-state index contributed by atoms with van der Waals surface area (Å²) in [5.74, 6) is 0. The van der Waals surface area contributed by atoms with Crippen LogP contribution in [0.15, 0.2) is 24.3 Å². The Morgan fingerprint density at radius 3 is 2.92 bits per heavy atom. The molecular formula is C10H8OTe. The van der Waals surface area contributed by atoms with Gasteiger partial charge in [0, 0.05) is 0 Å². The third kappa shape index (κ3) is 1.22. The Kier molecular flexibility index (Phi) is 2.04. The van der Waals surface area contributed by atoms with E-state index in [1.54, 1.807) is 0 Å². The molecule has 60 valence electrons. The molecule has 12 heavy (non-hydrogen) atoms. The normalized spacial score (nSPS) is 10.4. The molecular weight excluding hydrogens is 264 g/mol. The van der Waals surface area contributed by atoms with Gasteiger partial charge in [-0.25, -0.2) is 0 Å². The van der Waals surface area contributed by atoms with E-state index in [4.69, 9.17) is 0 Å². The Balaban J connectivity index is 2.82. The first-order valence-electron chi connectivity index (χ1n) is 3.75. The third-order valence-corrected chi connectivity index (χ3v) is 5.33. The molecule has 0 N–H and O–H groups in total. The van der Waals surface area contributed by atoms with Gasteiger partial charge in [0.15, 0.2) is 0 Å². The van der Waals surface area contributed by atoms with Crippen LogP contribution in [0.5, 0.6) is 0 Å². The van der Waals surface area contributed by atoms with Crippen LogP contribution in [0.1, 0.15) is 13.9 Å². The van der Waals surface area contributed by atoms with Crippen LogP contribution in [0.3, 0.4) is 0 Å². The number of carbonyl (C=O) groups excluding carboxylic acids is 1. The van der Waals surface area contributed by atoms with Crippen molar-refractivity contribution in [3.05, 3.63) is 33.4 Å². The molecule has 0 spiro atoms. The molecule has 0 radical (unpaired) electrons. The van der Waals surface area contributed by atoms with Crippen molar-refractivity contribution in [2.75, 3.05) is 0 Å². The number of rotatable bonds is 1. The van der Waals surface area contributed by atoms with Crippen molar-refractivity contribution < 1.29 is 4.79 Å². The van der Waals surface area contributed by atoms with Crippen LogP contribution in [0.2, 0.25) is 0 Å². The van der Waals surface area contributed by atoms with E-state index < -0.39 is 0 Å². The van der Waals surface area contributed by atoms with Gasteiger partial charge in [-0.2, -0.15) is 0 Å². The third-order valence-electron chi connectivity index (χ3n) is 1.88. The molecule has 1 heterocycles. The van der Waals surface area contributed by atoms with Gasteiger partial charge in [-0.05, 0) is 0 Å². The summed E-state index contributed by atoms with van der Waals surface area (Å²) in [4.78, 5) is 10.6. The van der Waals surface area contributed by atoms with Crippen molar-refractivity contribution in [2.24, 2.45) is 0 Å². The predicted octanol–water partition coefficient (Wildman–Crippen LogP) is 2.02. The van der Waals surface area contributed by atoms with Gasteiger partial charge >= 0.3 is 80.6 Å². The molecule has 2 rings (SSSR count). The second-order valence-corrected chi connectivity index (χ2v) is 5.85. The molecule has 0 aliphatic heterocycles. The zero-order valence-electron chi connectivity index (χ0n) is 6.70. The number of hydrogen-bond acceptors (Lipinski definition) is 1. The first kappa shape index (κ1) is 8.04. The quantitative estimate of drug-likeness (QED) is 0.573. The maximum atomic E-state index is 10.6. The summed E-state index contributed by atoms with van der Waals surface area (Å²) < 4.78 is 2.45. The summed E-state index contributed by atoms with van der Waals surface area (Å²) in [6.45, 7) is 2.12. The van der Waals surface area contributed by atoms with Crippen LogP contribution < -0.4 is 0 Å². The minimum atomic E-state index is -0.351. The first-order chi connectivity index (χ1) is 5.81. The van der Waals surface area contributed by atoms with Gasteiger partial charge in [0.05, 0.1) is 0 Å². The Hall–Kier alpha value is -0.580. The molecule has 0 aliphatic carbocycles. The standard InChI is InChI=1S/C10H8OTe/c1-7-3-2-4-8-5-9(6-11)12-10(7)8/h2-6H,1H3. The van der Waals surface area contributed by atoms with Crippen molar-refractivity contribution in [1.82, 2.24) is 0 Å². The monoisotopic (exact) mass is 274 g/mol. The molecule has 1 nitrogen and oxygen atoms in total. The Labute approximate surface area is 80.6 Å². The molecule has 2 heteroatoms. The van der Waals surface area contributed by atoms with Crippen molar-refractivity contribution in [2.45, 2.75) is 6.92 Å². The number of fused-ring (bicyclic) bond motifs is 1. The zero-order chi connectivity index (χ0) is 8.55. The van der Waals surface area contributed by atoms with Gasteiger partial charge in [-0.15, -0.1) is 0 Å². The van der Waals surface area contributed by atoms with Crippen LogP contribution in [-0.4, -0.2) is 26.7 Å². The maximum absolute atomic E-state index is 10.6. The van der Waals surface area contributed by atoms with Gasteiger partial charge in [-0.3, -0.25) is 0 Å². The summed E-state index contributed by atoms with van der Waals surface area (Å²) in [6, 6.07) is 8.28. The van der Waals surface area contributed by atoms with Crippen LogP contribution >= 0.6 is 0 Å². The van der Waals surface area contributed by atoms with Crippen molar-refractivity contribution in [3.8, 4) is 0 Å². The molecule has 1 aromatic heterocycles. The van der Waals surface area contributed by atoms with Crippen LogP contribution in [-0.2, 0) is 0 Å². The van der Waals surface area contributed by atoms with E-state index in [0.29, 0.717) is 0 Å². The van der Waals surface area contributed by atoms with E-state index >= 15 is 0 Å². The number of hydrogen-bond donors (Lipinski definition) is 0. The number of benzene rings is 1. The molecule has 0 bridgehead atoms. The summed E-state index contributed by atoms with van der Waals surface area (Å²) in [5.41, 5.74) is 1.34. The molecule has 0 saturated carbocycles. The first-order valence-corrected chi connectivity index (χ1v) is 6.08. The van der Waals surface area contributed by atoms with Crippen LogP contribution in [0.4, 0.5) is 0 Å². The van der Waals surface area contributed by atoms with E-state index in [-0.39, 0.29) is 20.4 Å². The minimum absolute atomic E-state index is 0.351. The molecule has 0 amide bonds. The zero-order valence-corrected chi connectivity index (χ0v) is 9.03. The van der Waals surface area contributed by atoms with E-state index in [1.807, 2.05) is 12.1 Å².